The molecule has 5 heteroatoms. The lowest BCUT2D eigenvalue weighted by molar-refractivity contribution is 0.0922. The summed E-state index contributed by atoms with van der Waals surface area (Å²) < 4.78 is 11.2. The lowest BCUT2D eigenvalue weighted by Gasteiger charge is -2.15. The minimum absolute atomic E-state index is 0.160. The molecule has 1 amide bonds. The van der Waals surface area contributed by atoms with Crippen molar-refractivity contribution in [3.05, 3.63) is 46.3 Å². The smallest absolute Gasteiger partial charge is 0.274 e. The van der Waals surface area contributed by atoms with E-state index in [1.54, 1.807) is 0 Å². The Bertz CT molecular complexity index is 759. The number of benzene rings is 1. The molecule has 1 fully saturated rings. The minimum atomic E-state index is -0.160. The van der Waals surface area contributed by atoms with Crippen LogP contribution in [0.1, 0.15) is 71.5 Å². The van der Waals surface area contributed by atoms with E-state index in [4.69, 9.17) is 9.26 Å². The molecular weight excluding hydrogens is 328 g/mol. The van der Waals surface area contributed by atoms with E-state index in [0.29, 0.717) is 17.0 Å². The summed E-state index contributed by atoms with van der Waals surface area (Å²) in [6, 6.07) is 6.21. The highest BCUT2D eigenvalue weighted by atomic mass is 16.5. The highest BCUT2D eigenvalue weighted by Gasteiger charge is 2.23. The molecule has 0 bridgehead atoms. The topological polar surface area (TPSA) is 64.4 Å². The number of hydrogen-bond acceptors (Lipinski definition) is 4. The molecule has 1 heterocycles. The maximum Gasteiger partial charge on any atom is 0.274 e. The van der Waals surface area contributed by atoms with Crippen LogP contribution in [0.3, 0.4) is 0 Å². The van der Waals surface area contributed by atoms with Crippen molar-refractivity contribution >= 4 is 5.91 Å². The van der Waals surface area contributed by atoms with Crippen molar-refractivity contribution in [3.8, 4) is 5.75 Å². The number of rotatable bonds is 5. The zero-order valence-electron chi connectivity index (χ0n) is 15.9. The second kappa shape index (κ2) is 8.39. The van der Waals surface area contributed by atoms with Crippen molar-refractivity contribution < 1.29 is 14.1 Å². The fourth-order valence-electron chi connectivity index (χ4n) is 3.38. The van der Waals surface area contributed by atoms with Gasteiger partial charge in [-0.25, -0.2) is 0 Å². The maximum absolute atomic E-state index is 12.7. The van der Waals surface area contributed by atoms with Crippen LogP contribution in [0.15, 0.2) is 22.7 Å². The Hall–Kier alpha value is -2.30. The Balaban J connectivity index is 1.67. The molecule has 2 aromatic rings. The lowest BCUT2D eigenvalue weighted by Crippen LogP contribution is -2.35. The predicted molar refractivity (Wildman–Crippen MR) is 100 cm³/mol. The zero-order chi connectivity index (χ0) is 18.5. The molecule has 1 aromatic carbocycles. The fourth-order valence-corrected chi connectivity index (χ4v) is 3.38. The maximum atomic E-state index is 12.7. The standard InChI is InChI=1S/C21H28N2O3/c1-14-10-11-18(12-15(14)2)25-13-19-16(3)26-23-20(19)21(24)22-17-8-6-4-5-7-9-17/h10-12,17H,4-9,13H2,1-3H3,(H,22,24). The van der Waals surface area contributed by atoms with E-state index in [0.717, 1.165) is 18.6 Å². The molecule has 5 nitrogen and oxygen atoms in total. The van der Waals surface area contributed by atoms with Gasteiger partial charge in [-0.1, -0.05) is 36.9 Å². The summed E-state index contributed by atoms with van der Waals surface area (Å²) in [4.78, 5) is 12.7. The first-order valence-electron chi connectivity index (χ1n) is 9.50. The number of carbonyl (C=O) groups is 1. The van der Waals surface area contributed by atoms with Gasteiger partial charge in [0, 0.05) is 6.04 Å². The van der Waals surface area contributed by atoms with Crippen LogP contribution in [-0.2, 0) is 6.61 Å². The van der Waals surface area contributed by atoms with Crippen LogP contribution in [0.2, 0.25) is 0 Å². The summed E-state index contributed by atoms with van der Waals surface area (Å²) in [5.41, 5.74) is 3.46. The Morgan fingerprint density at radius 2 is 1.88 bits per heavy atom. The molecular formula is C21H28N2O3. The molecule has 3 rings (SSSR count). The van der Waals surface area contributed by atoms with E-state index in [1.807, 2.05) is 25.1 Å². The van der Waals surface area contributed by atoms with E-state index in [9.17, 15) is 4.79 Å². The highest BCUT2D eigenvalue weighted by molar-refractivity contribution is 5.94. The molecule has 140 valence electrons. The van der Waals surface area contributed by atoms with Crippen LogP contribution in [0.5, 0.6) is 5.75 Å². The Morgan fingerprint density at radius 1 is 1.15 bits per heavy atom. The normalized spacial score (nSPS) is 15.5. The number of nitrogens with zero attached hydrogens (tertiary/aromatic N) is 1. The number of carbonyl (C=O) groups excluding carboxylic acids is 1. The number of aromatic nitrogens is 1. The Kier molecular flexibility index (Phi) is 5.96. The number of nitrogens with one attached hydrogen (secondary N) is 1. The molecule has 1 aliphatic rings. The second-order valence-electron chi connectivity index (χ2n) is 7.26. The summed E-state index contributed by atoms with van der Waals surface area (Å²) in [7, 11) is 0. The number of ether oxygens (including phenoxy) is 1. The fraction of sp³-hybridized carbons (Fsp3) is 0.524. The van der Waals surface area contributed by atoms with Crippen molar-refractivity contribution in [2.24, 2.45) is 0 Å². The van der Waals surface area contributed by atoms with Gasteiger partial charge in [-0.3, -0.25) is 4.79 Å². The molecule has 1 N–H and O–H groups in total. The third kappa shape index (κ3) is 4.45. The van der Waals surface area contributed by atoms with Gasteiger partial charge in [0.15, 0.2) is 5.69 Å². The van der Waals surface area contributed by atoms with Gasteiger partial charge in [-0.2, -0.15) is 0 Å². The van der Waals surface area contributed by atoms with Crippen LogP contribution in [-0.4, -0.2) is 17.1 Å². The molecule has 26 heavy (non-hydrogen) atoms. The van der Waals surface area contributed by atoms with E-state index < -0.39 is 0 Å². The quantitative estimate of drug-likeness (QED) is 0.793. The molecule has 0 atom stereocenters. The number of amides is 1. The predicted octanol–water partition coefficient (Wildman–Crippen LogP) is 4.63. The van der Waals surface area contributed by atoms with Crippen molar-refractivity contribution in [1.82, 2.24) is 10.5 Å². The van der Waals surface area contributed by atoms with Crippen LogP contribution in [0.4, 0.5) is 0 Å². The van der Waals surface area contributed by atoms with Gasteiger partial charge in [-0.05, 0) is 56.9 Å². The van der Waals surface area contributed by atoms with Crippen LogP contribution < -0.4 is 10.1 Å². The van der Waals surface area contributed by atoms with Crippen molar-refractivity contribution in [2.75, 3.05) is 0 Å². The van der Waals surface area contributed by atoms with E-state index in [1.165, 1.54) is 36.8 Å². The van der Waals surface area contributed by atoms with Crippen LogP contribution in [0.25, 0.3) is 0 Å². The summed E-state index contributed by atoms with van der Waals surface area (Å²) in [5.74, 6) is 1.25. The Labute approximate surface area is 155 Å². The SMILES string of the molecule is Cc1ccc(OCc2c(C(=O)NC3CCCCCC3)noc2C)cc1C. The molecule has 0 saturated heterocycles. The summed E-state index contributed by atoms with van der Waals surface area (Å²) >= 11 is 0. The second-order valence-corrected chi connectivity index (χ2v) is 7.26. The summed E-state index contributed by atoms with van der Waals surface area (Å²) in [5, 5.41) is 7.11. The molecule has 0 unspecified atom stereocenters. The van der Waals surface area contributed by atoms with Gasteiger partial charge >= 0.3 is 0 Å². The highest BCUT2D eigenvalue weighted by Crippen LogP contribution is 2.22. The average Bonchev–Trinajstić information content (AvgIpc) is 2.81. The molecule has 0 spiro atoms. The number of hydrogen-bond donors (Lipinski definition) is 1. The van der Waals surface area contributed by atoms with Crippen molar-refractivity contribution in [1.29, 1.82) is 0 Å². The third-order valence-electron chi connectivity index (χ3n) is 5.25. The monoisotopic (exact) mass is 356 g/mol. The molecule has 1 aromatic heterocycles. The zero-order valence-corrected chi connectivity index (χ0v) is 15.9. The largest absolute Gasteiger partial charge is 0.489 e. The first kappa shape index (κ1) is 18.5. The average molecular weight is 356 g/mol. The summed E-state index contributed by atoms with van der Waals surface area (Å²) in [6.45, 7) is 6.21. The van der Waals surface area contributed by atoms with Gasteiger partial charge in [-0.15, -0.1) is 0 Å². The molecule has 0 radical (unpaired) electrons. The van der Waals surface area contributed by atoms with Gasteiger partial charge < -0.3 is 14.6 Å². The van der Waals surface area contributed by atoms with Crippen molar-refractivity contribution in [2.45, 2.75) is 71.9 Å². The molecule has 0 aliphatic heterocycles. The van der Waals surface area contributed by atoms with E-state index >= 15 is 0 Å². The van der Waals surface area contributed by atoms with Crippen molar-refractivity contribution in [3.63, 3.8) is 0 Å². The first-order chi connectivity index (χ1) is 12.5. The Morgan fingerprint density at radius 3 is 2.58 bits per heavy atom. The van der Waals surface area contributed by atoms with Crippen LogP contribution >= 0.6 is 0 Å². The summed E-state index contributed by atoms with van der Waals surface area (Å²) in [6.07, 6.45) is 6.93. The van der Waals surface area contributed by atoms with Gasteiger partial charge in [0.05, 0.1) is 5.56 Å². The molecule has 1 saturated carbocycles. The van der Waals surface area contributed by atoms with Gasteiger partial charge in [0.25, 0.3) is 5.91 Å². The van der Waals surface area contributed by atoms with Gasteiger partial charge in [0.1, 0.15) is 18.1 Å². The first-order valence-corrected chi connectivity index (χ1v) is 9.50. The lowest BCUT2D eigenvalue weighted by atomic mass is 10.1. The van der Waals surface area contributed by atoms with E-state index in [-0.39, 0.29) is 18.6 Å². The van der Waals surface area contributed by atoms with E-state index in [2.05, 4.69) is 24.3 Å². The number of aryl methyl sites for hydroxylation is 3. The van der Waals surface area contributed by atoms with Crippen LogP contribution in [0, 0.1) is 20.8 Å². The molecule has 1 aliphatic carbocycles. The third-order valence-corrected chi connectivity index (χ3v) is 5.25. The van der Waals surface area contributed by atoms with Gasteiger partial charge in [0.2, 0.25) is 0 Å². The minimum Gasteiger partial charge on any atom is -0.489 e.